The highest BCUT2D eigenvalue weighted by atomic mass is 35.5. The SMILES string of the molecule is CC(=O)N[C@@H]1CCCN(Cc2cc(Cl)ccc2OCC(=O)O)C1. The lowest BCUT2D eigenvalue weighted by Gasteiger charge is -2.33. The van der Waals surface area contributed by atoms with E-state index in [1.54, 1.807) is 18.2 Å². The van der Waals surface area contributed by atoms with E-state index in [0.29, 0.717) is 17.3 Å². The monoisotopic (exact) mass is 340 g/mol. The highest BCUT2D eigenvalue weighted by Gasteiger charge is 2.21. The van der Waals surface area contributed by atoms with Crippen LogP contribution in [0.15, 0.2) is 18.2 Å². The summed E-state index contributed by atoms with van der Waals surface area (Å²) in [4.78, 5) is 24.1. The maximum absolute atomic E-state index is 11.2. The van der Waals surface area contributed by atoms with Crippen molar-refractivity contribution in [3.05, 3.63) is 28.8 Å². The first kappa shape index (κ1) is 17.6. The number of hydrogen-bond donors (Lipinski definition) is 2. The summed E-state index contributed by atoms with van der Waals surface area (Å²) in [5.41, 5.74) is 0.849. The molecule has 7 heteroatoms. The number of hydrogen-bond acceptors (Lipinski definition) is 4. The Hall–Kier alpha value is -1.79. The number of ether oxygens (including phenoxy) is 1. The van der Waals surface area contributed by atoms with E-state index in [1.165, 1.54) is 6.92 Å². The number of carbonyl (C=O) groups is 2. The molecule has 2 N–H and O–H groups in total. The van der Waals surface area contributed by atoms with Crippen molar-refractivity contribution in [2.24, 2.45) is 0 Å². The van der Waals surface area contributed by atoms with E-state index < -0.39 is 5.97 Å². The molecule has 1 amide bonds. The fraction of sp³-hybridized carbons (Fsp3) is 0.500. The number of aliphatic carboxylic acids is 1. The third-order valence-electron chi connectivity index (χ3n) is 3.68. The second kappa shape index (κ2) is 8.17. The third-order valence-corrected chi connectivity index (χ3v) is 3.92. The van der Waals surface area contributed by atoms with Gasteiger partial charge < -0.3 is 15.2 Å². The number of carboxylic acid groups (broad SMARTS) is 1. The smallest absolute Gasteiger partial charge is 0.341 e. The van der Waals surface area contributed by atoms with Crippen molar-refractivity contribution in [2.75, 3.05) is 19.7 Å². The van der Waals surface area contributed by atoms with E-state index >= 15 is 0 Å². The summed E-state index contributed by atoms with van der Waals surface area (Å²) in [5.74, 6) is -0.516. The van der Waals surface area contributed by atoms with Gasteiger partial charge >= 0.3 is 5.97 Å². The minimum Gasteiger partial charge on any atom is -0.482 e. The Bertz CT molecular complexity index is 579. The molecule has 0 spiro atoms. The quantitative estimate of drug-likeness (QED) is 0.827. The molecule has 0 aliphatic carbocycles. The first-order valence-electron chi connectivity index (χ1n) is 7.56. The molecule has 1 atom stereocenters. The lowest BCUT2D eigenvalue weighted by molar-refractivity contribution is -0.139. The molecule has 0 unspecified atom stereocenters. The molecule has 6 nitrogen and oxygen atoms in total. The van der Waals surface area contributed by atoms with Crippen molar-refractivity contribution < 1.29 is 19.4 Å². The molecule has 0 bridgehead atoms. The zero-order valence-electron chi connectivity index (χ0n) is 13.0. The van der Waals surface area contributed by atoms with Crippen molar-refractivity contribution in [1.29, 1.82) is 0 Å². The summed E-state index contributed by atoms with van der Waals surface area (Å²) >= 11 is 6.05. The Kier molecular flexibility index (Phi) is 6.24. The standard InChI is InChI=1S/C16H21ClN2O4/c1-11(20)18-14-3-2-6-19(9-14)8-12-7-13(17)4-5-15(12)23-10-16(21)22/h4-5,7,14H,2-3,6,8-10H2,1H3,(H,18,20)(H,21,22)/t14-/m1/s1. The number of nitrogens with one attached hydrogen (secondary N) is 1. The van der Waals surface area contributed by atoms with Crippen LogP contribution in [-0.4, -0.2) is 47.6 Å². The first-order valence-corrected chi connectivity index (χ1v) is 7.94. The second-order valence-electron chi connectivity index (χ2n) is 5.71. The van der Waals surface area contributed by atoms with E-state index in [9.17, 15) is 9.59 Å². The lowest BCUT2D eigenvalue weighted by Crippen LogP contribution is -2.46. The molecule has 2 rings (SSSR count). The van der Waals surface area contributed by atoms with Gasteiger partial charge in [0.1, 0.15) is 5.75 Å². The molecule has 0 saturated carbocycles. The van der Waals surface area contributed by atoms with Crippen LogP contribution in [0.1, 0.15) is 25.3 Å². The molecule has 1 fully saturated rings. The normalized spacial score (nSPS) is 18.4. The fourth-order valence-corrected chi connectivity index (χ4v) is 2.99. The molecule has 126 valence electrons. The Morgan fingerprint density at radius 1 is 1.48 bits per heavy atom. The van der Waals surface area contributed by atoms with Gasteiger partial charge in [0.05, 0.1) is 0 Å². The minimum absolute atomic E-state index is 0.0231. The maximum atomic E-state index is 11.2. The summed E-state index contributed by atoms with van der Waals surface area (Å²) < 4.78 is 5.33. The molecule has 1 aromatic rings. The summed E-state index contributed by atoms with van der Waals surface area (Å²) in [6, 6.07) is 5.30. The molecular formula is C16H21ClN2O4. The van der Waals surface area contributed by atoms with Crippen LogP contribution in [0.5, 0.6) is 5.75 Å². The van der Waals surface area contributed by atoms with Crippen LogP contribution >= 0.6 is 11.6 Å². The van der Waals surface area contributed by atoms with E-state index in [4.69, 9.17) is 21.4 Å². The number of benzene rings is 1. The van der Waals surface area contributed by atoms with Gasteiger partial charge in [0, 0.05) is 36.6 Å². The molecular weight excluding hydrogens is 320 g/mol. The molecule has 1 aromatic carbocycles. The van der Waals surface area contributed by atoms with Crippen LogP contribution in [0, 0.1) is 0 Å². The van der Waals surface area contributed by atoms with E-state index in [0.717, 1.165) is 31.5 Å². The minimum atomic E-state index is -1.02. The number of carbonyl (C=O) groups excluding carboxylic acids is 1. The predicted octanol–water partition coefficient (Wildman–Crippen LogP) is 1.90. The zero-order chi connectivity index (χ0) is 16.8. The summed E-state index contributed by atoms with van der Waals surface area (Å²) in [6.45, 7) is 3.41. The van der Waals surface area contributed by atoms with Gasteiger partial charge in [0.25, 0.3) is 0 Å². The van der Waals surface area contributed by atoms with Gasteiger partial charge in [-0.25, -0.2) is 4.79 Å². The average molecular weight is 341 g/mol. The van der Waals surface area contributed by atoms with Crippen LogP contribution in [0.2, 0.25) is 5.02 Å². The number of halogens is 1. The number of carboxylic acids is 1. The number of amides is 1. The van der Waals surface area contributed by atoms with Crippen LogP contribution in [-0.2, 0) is 16.1 Å². The topological polar surface area (TPSA) is 78.9 Å². The van der Waals surface area contributed by atoms with E-state index in [2.05, 4.69) is 10.2 Å². The number of rotatable bonds is 6. The molecule has 1 heterocycles. The molecule has 0 aromatic heterocycles. The van der Waals surface area contributed by atoms with Gasteiger partial charge in [-0.1, -0.05) is 11.6 Å². The van der Waals surface area contributed by atoms with Crippen LogP contribution in [0.3, 0.4) is 0 Å². The van der Waals surface area contributed by atoms with Gasteiger partial charge in [-0.3, -0.25) is 9.69 Å². The van der Waals surface area contributed by atoms with Crippen molar-refractivity contribution in [1.82, 2.24) is 10.2 Å². The molecule has 23 heavy (non-hydrogen) atoms. The molecule has 1 saturated heterocycles. The summed E-state index contributed by atoms with van der Waals surface area (Å²) in [5, 5.41) is 12.3. The van der Waals surface area contributed by atoms with Crippen molar-refractivity contribution in [3.63, 3.8) is 0 Å². The van der Waals surface area contributed by atoms with Crippen molar-refractivity contribution >= 4 is 23.5 Å². The van der Waals surface area contributed by atoms with Crippen molar-refractivity contribution in [2.45, 2.75) is 32.4 Å². The maximum Gasteiger partial charge on any atom is 0.341 e. The van der Waals surface area contributed by atoms with Gasteiger partial charge in [-0.05, 0) is 37.6 Å². The van der Waals surface area contributed by atoms with Gasteiger partial charge in [-0.2, -0.15) is 0 Å². The van der Waals surface area contributed by atoms with Gasteiger partial charge in [0.15, 0.2) is 6.61 Å². The lowest BCUT2D eigenvalue weighted by atomic mass is 10.0. The number of likely N-dealkylation sites (tertiary alicyclic amines) is 1. The Labute approximate surface area is 140 Å². The van der Waals surface area contributed by atoms with Crippen LogP contribution < -0.4 is 10.1 Å². The number of piperidine rings is 1. The predicted molar refractivity (Wildman–Crippen MR) is 86.7 cm³/mol. The fourth-order valence-electron chi connectivity index (χ4n) is 2.80. The highest BCUT2D eigenvalue weighted by Crippen LogP contribution is 2.25. The highest BCUT2D eigenvalue weighted by molar-refractivity contribution is 6.30. The van der Waals surface area contributed by atoms with E-state index in [1.807, 2.05) is 0 Å². The molecule has 1 aliphatic heterocycles. The average Bonchev–Trinajstić information content (AvgIpc) is 2.46. The van der Waals surface area contributed by atoms with Crippen LogP contribution in [0.4, 0.5) is 0 Å². The second-order valence-corrected chi connectivity index (χ2v) is 6.15. The Balaban J connectivity index is 2.04. The molecule has 1 aliphatic rings. The summed E-state index contributed by atoms with van der Waals surface area (Å²) in [6.07, 6.45) is 1.96. The Morgan fingerprint density at radius 3 is 2.96 bits per heavy atom. The first-order chi connectivity index (χ1) is 10.9. The largest absolute Gasteiger partial charge is 0.482 e. The van der Waals surface area contributed by atoms with Gasteiger partial charge in [-0.15, -0.1) is 0 Å². The zero-order valence-corrected chi connectivity index (χ0v) is 13.8. The van der Waals surface area contributed by atoms with E-state index in [-0.39, 0.29) is 18.6 Å². The Morgan fingerprint density at radius 2 is 2.26 bits per heavy atom. The van der Waals surface area contributed by atoms with Crippen LogP contribution in [0.25, 0.3) is 0 Å². The molecule has 0 radical (unpaired) electrons. The van der Waals surface area contributed by atoms with Crippen molar-refractivity contribution in [3.8, 4) is 5.75 Å². The summed E-state index contributed by atoms with van der Waals surface area (Å²) in [7, 11) is 0. The third kappa shape index (κ3) is 5.73. The van der Waals surface area contributed by atoms with Gasteiger partial charge in [0.2, 0.25) is 5.91 Å². The number of nitrogens with zero attached hydrogens (tertiary/aromatic N) is 1.